The number of aromatic nitrogens is 2. The van der Waals surface area contributed by atoms with Gasteiger partial charge in [-0.05, 0) is 84.9 Å². The molecule has 0 radical (unpaired) electrons. The van der Waals surface area contributed by atoms with Crippen molar-refractivity contribution in [1.82, 2.24) is 24.9 Å². The number of carbonyl (C=O) groups excluding carboxylic acids is 2. The molecule has 0 bridgehead atoms. The van der Waals surface area contributed by atoms with Gasteiger partial charge in [0.1, 0.15) is 11.6 Å². The van der Waals surface area contributed by atoms with E-state index in [0.29, 0.717) is 31.3 Å². The number of likely N-dealkylation sites (tertiary alicyclic amines) is 1. The van der Waals surface area contributed by atoms with E-state index in [-0.39, 0.29) is 30.4 Å². The highest BCUT2D eigenvalue weighted by atomic mass is 16.6. The van der Waals surface area contributed by atoms with Gasteiger partial charge in [-0.15, -0.1) is 10.2 Å². The van der Waals surface area contributed by atoms with Gasteiger partial charge < -0.3 is 18.8 Å². The highest BCUT2D eigenvalue weighted by Crippen LogP contribution is 2.33. The van der Waals surface area contributed by atoms with Gasteiger partial charge in [0, 0.05) is 38.8 Å². The quantitative estimate of drug-likeness (QED) is 0.467. The Balaban J connectivity index is 1.42. The molecule has 10 nitrogen and oxygen atoms in total. The fourth-order valence-electron chi connectivity index (χ4n) is 5.52. The van der Waals surface area contributed by atoms with Crippen LogP contribution in [0.4, 0.5) is 9.59 Å². The van der Waals surface area contributed by atoms with Gasteiger partial charge in [-0.2, -0.15) is 0 Å². The summed E-state index contributed by atoms with van der Waals surface area (Å²) in [7, 11) is 0. The van der Waals surface area contributed by atoms with Crippen LogP contribution in [-0.2, 0) is 22.4 Å². The minimum Gasteiger partial charge on any atom is -0.447 e. The van der Waals surface area contributed by atoms with Gasteiger partial charge in [0.05, 0.1) is 12.5 Å². The maximum Gasteiger partial charge on any atom is 0.410 e. The summed E-state index contributed by atoms with van der Waals surface area (Å²) in [5, 5.41) is 8.66. The van der Waals surface area contributed by atoms with E-state index < -0.39 is 5.60 Å². The molecule has 0 N–H and O–H groups in total. The van der Waals surface area contributed by atoms with Crippen molar-refractivity contribution in [2.45, 2.75) is 105 Å². The summed E-state index contributed by atoms with van der Waals surface area (Å²) in [6.45, 7) is 19.3. The Morgan fingerprint density at radius 2 is 1.77 bits per heavy atom. The maximum absolute atomic E-state index is 12.7. The molecule has 0 aliphatic carbocycles. The van der Waals surface area contributed by atoms with Gasteiger partial charge in [-0.25, -0.2) is 9.59 Å². The van der Waals surface area contributed by atoms with Crippen LogP contribution in [0.1, 0.15) is 94.5 Å². The molecule has 2 saturated heterocycles. The molecule has 2 aliphatic heterocycles. The van der Waals surface area contributed by atoms with E-state index in [2.05, 4.69) is 48.0 Å². The van der Waals surface area contributed by atoms with E-state index in [9.17, 15) is 9.59 Å². The average Bonchev–Trinajstić information content (AvgIpc) is 3.50. The zero-order chi connectivity index (χ0) is 29.2. The number of nitrogens with zero attached hydrogens (tertiary/aromatic N) is 5. The number of hydrogen-bond donors (Lipinski definition) is 0. The van der Waals surface area contributed by atoms with Gasteiger partial charge in [-0.1, -0.05) is 17.7 Å². The molecular weight excluding hydrogens is 510 g/mol. The van der Waals surface area contributed by atoms with Crippen molar-refractivity contribution in [3.63, 3.8) is 0 Å². The Bertz CT molecular complexity index is 1200. The molecule has 2 aliphatic rings. The standard InChI is InChI=1S/C30H45N5O5/c1-19(2)38-28(36)34-13-12-33(17-21(34)4)18-24-15-20(3)14-23(22(24)5)16-26-31-32-27(39-26)25-10-9-11-35(25)29(37)40-30(6,7)8/h14-15,19,21,25H,9-13,16-18H2,1-8H3/t21-,25-/m0/s1. The Morgan fingerprint density at radius 3 is 2.45 bits per heavy atom. The van der Waals surface area contributed by atoms with E-state index in [0.717, 1.165) is 38.0 Å². The van der Waals surface area contributed by atoms with E-state index in [1.807, 2.05) is 39.5 Å². The number of hydrogen-bond acceptors (Lipinski definition) is 8. The van der Waals surface area contributed by atoms with Gasteiger partial charge in [0.15, 0.2) is 0 Å². The van der Waals surface area contributed by atoms with E-state index in [1.54, 1.807) is 4.90 Å². The van der Waals surface area contributed by atoms with Crippen LogP contribution in [0.2, 0.25) is 0 Å². The number of piperazine rings is 1. The first kappa shape index (κ1) is 29.8. The molecule has 2 atom stereocenters. The topological polar surface area (TPSA) is 101 Å². The summed E-state index contributed by atoms with van der Waals surface area (Å²) < 4.78 is 17.1. The van der Waals surface area contributed by atoms with Crippen molar-refractivity contribution < 1.29 is 23.5 Å². The molecule has 0 unspecified atom stereocenters. The summed E-state index contributed by atoms with van der Waals surface area (Å²) >= 11 is 0. The largest absolute Gasteiger partial charge is 0.447 e. The van der Waals surface area contributed by atoms with Crippen molar-refractivity contribution in [3.05, 3.63) is 46.2 Å². The van der Waals surface area contributed by atoms with Crippen LogP contribution in [0, 0.1) is 13.8 Å². The van der Waals surface area contributed by atoms with Crippen LogP contribution in [-0.4, -0.2) is 81.0 Å². The van der Waals surface area contributed by atoms with Gasteiger partial charge in [-0.3, -0.25) is 9.80 Å². The van der Waals surface area contributed by atoms with Crippen molar-refractivity contribution >= 4 is 12.2 Å². The molecule has 40 heavy (non-hydrogen) atoms. The minimum atomic E-state index is -0.560. The molecule has 3 heterocycles. The second kappa shape index (κ2) is 12.2. The van der Waals surface area contributed by atoms with Gasteiger partial charge in [0.25, 0.3) is 0 Å². The van der Waals surface area contributed by atoms with Crippen molar-refractivity contribution in [3.8, 4) is 0 Å². The first-order valence-electron chi connectivity index (χ1n) is 14.4. The van der Waals surface area contributed by atoms with Crippen molar-refractivity contribution in [2.75, 3.05) is 26.2 Å². The molecule has 1 aromatic carbocycles. The maximum atomic E-state index is 12.7. The lowest BCUT2D eigenvalue weighted by molar-refractivity contribution is 0.0202. The molecule has 10 heteroatoms. The zero-order valence-electron chi connectivity index (χ0n) is 25.3. The van der Waals surface area contributed by atoms with Crippen LogP contribution >= 0.6 is 0 Å². The van der Waals surface area contributed by atoms with E-state index in [4.69, 9.17) is 13.9 Å². The summed E-state index contributed by atoms with van der Waals surface area (Å²) in [5.41, 5.74) is 4.22. The first-order chi connectivity index (χ1) is 18.8. The smallest absolute Gasteiger partial charge is 0.410 e. The molecule has 2 aromatic rings. The first-order valence-corrected chi connectivity index (χ1v) is 14.4. The lowest BCUT2D eigenvalue weighted by atomic mass is 9.96. The Hall–Kier alpha value is -3.14. The number of carbonyl (C=O) groups is 2. The number of amides is 2. The third kappa shape index (κ3) is 7.33. The predicted octanol–water partition coefficient (Wildman–Crippen LogP) is 5.40. The van der Waals surface area contributed by atoms with Crippen LogP contribution in [0.5, 0.6) is 0 Å². The molecule has 2 fully saturated rings. The third-order valence-corrected chi connectivity index (χ3v) is 7.43. The second-order valence-corrected chi connectivity index (χ2v) is 12.5. The molecule has 2 amide bonds. The lowest BCUT2D eigenvalue weighted by Gasteiger charge is -2.39. The van der Waals surface area contributed by atoms with Crippen molar-refractivity contribution in [2.24, 2.45) is 0 Å². The second-order valence-electron chi connectivity index (χ2n) is 12.5. The summed E-state index contributed by atoms with van der Waals surface area (Å²) in [6, 6.07) is 4.23. The SMILES string of the molecule is Cc1cc(Cc2nnc([C@@H]3CCCN3C(=O)OC(C)(C)C)o2)c(C)c(CN2CCN(C(=O)OC(C)C)[C@@H](C)C2)c1. The van der Waals surface area contributed by atoms with E-state index >= 15 is 0 Å². The Morgan fingerprint density at radius 1 is 1.05 bits per heavy atom. The fraction of sp³-hybridized carbons (Fsp3) is 0.667. The number of rotatable bonds is 6. The van der Waals surface area contributed by atoms with Gasteiger partial charge >= 0.3 is 12.2 Å². The summed E-state index contributed by atoms with van der Waals surface area (Å²) in [5.74, 6) is 1.00. The zero-order valence-corrected chi connectivity index (χ0v) is 25.3. The Kier molecular flexibility index (Phi) is 9.07. The van der Waals surface area contributed by atoms with Crippen LogP contribution < -0.4 is 0 Å². The summed E-state index contributed by atoms with van der Waals surface area (Å²) in [6.07, 6.45) is 1.46. The molecule has 220 valence electrons. The highest BCUT2D eigenvalue weighted by Gasteiger charge is 2.36. The molecule has 0 spiro atoms. The molecular formula is C30H45N5O5. The number of ether oxygens (including phenoxy) is 2. The van der Waals surface area contributed by atoms with Crippen LogP contribution in [0.15, 0.2) is 16.5 Å². The number of aryl methyl sites for hydroxylation is 1. The normalized spacial score (nSPS) is 20.3. The molecule has 1 aromatic heterocycles. The minimum absolute atomic E-state index is 0.0808. The van der Waals surface area contributed by atoms with Crippen LogP contribution in [0.25, 0.3) is 0 Å². The van der Waals surface area contributed by atoms with E-state index in [1.165, 1.54) is 16.7 Å². The Labute approximate surface area is 238 Å². The molecule has 0 saturated carbocycles. The average molecular weight is 556 g/mol. The lowest BCUT2D eigenvalue weighted by Crippen LogP contribution is -2.54. The van der Waals surface area contributed by atoms with Gasteiger partial charge in [0.2, 0.25) is 11.8 Å². The predicted molar refractivity (Wildman–Crippen MR) is 151 cm³/mol. The number of benzene rings is 1. The van der Waals surface area contributed by atoms with Crippen LogP contribution in [0.3, 0.4) is 0 Å². The molecule has 4 rings (SSSR count). The van der Waals surface area contributed by atoms with Crippen molar-refractivity contribution in [1.29, 1.82) is 0 Å². The fourth-order valence-corrected chi connectivity index (χ4v) is 5.52. The summed E-state index contributed by atoms with van der Waals surface area (Å²) in [4.78, 5) is 31.1. The third-order valence-electron chi connectivity index (χ3n) is 7.43. The highest BCUT2D eigenvalue weighted by molar-refractivity contribution is 5.69. The monoisotopic (exact) mass is 555 g/mol.